The quantitative estimate of drug-likeness (QED) is 0.507. The summed E-state index contributed by atoms with van der Waals surface area (Å²) in [6.45, 7) is 1.86. The van der Waals surface area contributed by atoms with E-state index < -0.39 is 0 Å². The molecular weight excluding hydrogens is 266 g/mol. The van der Waals surface area contributed by atoms with Gasteiger partial charge in [0.2, 0.25) is 0 Å². The fraction of sp³-hybridized carbons (Fsp3) is 0.667. The predicted octanol–water partition coefficient (Wildman–Crippen LogP) is 2.62. The molecule has 0 aromatic carbocycles. The average Bonchev–Trinajstić information content (AvgIpc) is 2.78. The SMILES string of the molecule is Cc1nc(CSC2CCCCC2)sc1C(=O)NN. The lowest BCUT2D eigenvalue weighted by Gasteiger charge is -2.20. The monoisotopic (exact) mass is 285 g/mol. The van der Waals surface area contributed by atoms with E-state index >= 15 is 0 Å². The molecule has 1 aliphatic rings. The molecule has 1 saturated carbocycles. The molecule has 2 rings (SSSR count). The van der Waals surface area contributed by atoms with Gasteiger partial charge in [-0.2, -0.15) is 11.8 Å². The molecule has 100 valence electrons. The van der Waals surface area contributed by atoms with Crippen molar-refractivity contribution in [3.63, 3.8) is 0 Å². The van der Waals surface area contributed by atoms with Crippen LogP contribution < -0.4 is 11.3 Å². The number of hydrogen-bond donors (Lipinski definition) is 2. The second kappa shape index (κ2) is 6.54. The van der Waals surface area contributed by atoms with Crippen LogP contribution in [0.2, 0.25) is 0 Å². The van der Waals surface area contributed by atoms with Crippen molar-refractivity contribution >= 4 is 29.0 Å². The third-order valence-electron chi connectivity index (χ3n) is 3.17. The van der Waals surface area contributed by atoms with Gasteiger partial charge >= 0.3 is 0 Å². The van der Waals surface area contributed by atoms with Crippen LogP contribution in [-0.4, -0.2) is 16.1 Å². The summed E-state index contributed by atoms with van der Waals surface area (Å²) in [4.78, 5) is 16.6. The van der Waals surface area contributed by atoms with Crippen molar-refractivity contribution in [3.8, 4) is 0 Å². The molecule has 0 aliphatic heterocycles. The maximum absolute atomic E-state index is 11.5. The van der Waals surface area contributed by atoms with Crippen molar-refractivity contribution in [3.05, 3.63) is 15.6 Å². The highest BCUT2D eigenvalue weighted by Crippen LogP contribution is 2.31. The molecule has 18 heavy (non-hydrogen) atoms. The highest BCUT2D eigenvalue weighted by molar-refractivity contribution is 7.99. The predicted molar refractivity (Wildman–Crippen MR) is 76.7 cm³/mol. The minimum Gasteiger partial charge on any atom is -0.289 e. The fourth-order valence-corrected chi connectivity index (χ4v) is 4.52. The lowest BCUT2D eigenvalue weighted by atomic mass is 10.0. The lowest BCUT2D eigenvalue weighted by Crippen LogP contribution is -2.29. The highest BCUT2D eigenvalue weighted by atomic mass is 32.2. The van der Waals surface area contributed by atoms with E-state index in [1.807, 2.05) is 18.7 Å². The summed E-state index contributed by atoms with van der Waals surface area (Å²) in [5, 5.41) is 1.80. The molecule has 6 heteroatoms. The van der Waals surface area contributed by atoms with E-state index in [-0.39, 0.29) is 5.91 Å². The molecule has 1 aromatic rings. The molecule has 1 aliphatic carbocycles. The summed E-state index contributed by atoms with van der Waals surface area (Å²) in [5.74, 6) is 5.82. The first-order valence-corrected chi connectivity index (χ1v) is 8.16. The number of carbonyl (C=O) groups is 1. The molecule has 3 N–H and O–H groups in total. The van der Waals surface area contributed by atoms with E-state index in [1.54, 1.807) is 0 Å². The standard InChI is InChI=1S/C12H19N3OS2/c1-8-11(12(16)15-13)18-10(14-8)7-17-9-5-3-2-4-6-9/h9H,2-7,13H2,1H3,(H,15,16). The molecule has 4 nitrogen and oxygen atoms in total. The molecule has 0 saturated heterocycles. The van der Waals surface area contributed by atoms with Crippen LogP contribution in [-0.2, 0) is 5.75 Å². The van der Waals surface area contributed by atoms with Gasteiger partial charge in [-0.05, 0) is 19.8 Å². The van der Waals surface area contributed by atoms with Crippen LogP contribution in [0, 0.1) is 6.92 Å². The maximum Gasteiger partial charge on any atom is 0.277 e. The molecule has 1 amide bonds. The van der Waals surface area contributed by atoms with Gasteiger partial charge in [-0.15, -0.1) is 11.3 Å². The van der Waals surface area contributed by atoms with Crippen LogP contribution in [0.15, 0.2) is 0 Å². The number of nitrogen functional groups attached to an aromatic ring is 1. The van der Waals surface area contributed by atoms with E-state index in [9.17, 15) is 4.79 Å². The Morgan fingerprint density at radius 2 is 2.22 bits per heavy atom. The van der Waals surface area contributed by atoms with E-state index in [1.165, 1.54) is 43.4 Å². The van der Waals surface area contributed by atoms with Crippen LogP contribution in [0.25, 0.3) is 0 Å². The Kier molecular flexibility index (Phi) is 5.03. The van der Waals surface area contributed by atoms with Gasteiger partial charge in [-0.1, -0.05) is 19.3 Å². The van der Waals surface area contributed by atoms with E-state index in [2.05, 4.69) is 10.4 Å². The Balaban J connectivity index is 1.91. The maximum atomic E-state index is 11.5. The molecule has 0 radical (unpaired) electrons. The number of rotatable bonds is 4. The van der Waals surface area contributed by atoms with E-state index in [0.717, 1.165) is 21.7 Å². The minimum atomic E-state index is -0.237. The first kappa shape index (κ1) is 13.8. The number of thioether (sulfide) groups is 1. The van der Waals surface area contributed by atoms with Gasteiger partial charge < -0.3 is 0 Å². The first-order valence-electron chi connectivity index (χ1n) is 6.29. The number of amides is 1. The zero-order chi connectivity index (χ0) is 13.0. The minimum absolute atomic E-state index is 0.237. The Hall–Kier alpha value is -0.590. The van der Waals surface area contributed by atoms with Crippen LogP contribution >= 0.6 is 23.1 Å². The van der Waals surface area contributed by atoms with Crippen LogP contribution in [0.1, 0.15) is 52.5 Å². The molecule has 1 fully saturated rings. The largest absolute Gasteiger partial charge is 0.289 e. The molecule has 0 bridgehead atoms. The van der Waals surface area contributed by atoms with Crippen molar-refractivity contribution in [2.45, 2.75) is 50.0 Å². The van der Waals surface area contributed by atoms with Gasteiger partial charge in [0.05, 0.1) is 5.69 Å². The van der Waals surface area contributed by atoms with Gasteiger partial charge in [0.1, 0.15) is 9.88 Å². The number of aryl methyl sites for hydroxylation is 1. The summed E-state index contributed by atoms with van der Waals surface area (Å²) < 4.78 is 0. The molecule has 0 unspecified atom stereocenters. The molecule has 0 spiro atoms. The summed E-state index contributed by atoms with van der Waals surface area (Å²) in [6, 6.07) is 0. The number of carbonyl (C=O) groups excluding carboxylic acids is 1. The van der Waals surface area contributed by atoms with Crippen molar-refractivity contribution in [2.24, 2.45) is 5.84 Å². The zero-order valence-corrected chi connectivity index (χ0v) is 12.2. The van der Waals surface area contributed by atoms with Gasteiger partial charge in [-0.3, -0.25) is 10.2 Å². The van der Waals surface area contributed by atoms with Gasteiger partial charge in [0.25, 0.3) is 5.91 Å². The summed E-state index contributed by atoms with van der Waals surface area (Å²) >= 11 is 3.43. The number of nitrogens with one attached hydrogen (secondary N) is 1. The Morgan fingerprint density at radius 3 is 2.89 bits per heavy atom. The Bertz CT molecular complexity index is 413. The Labute approximate surface area is 116 Å². The molecule has 1 aromatic heterocycles. The summed E-state index contributed by atoms with van der Waals surface area (Å²) in [6.07, 6.45) is 6.75. The number of aromatic nitrogens is 1. The average molecular weight is 285 g/mol. The topological polar surface area (TPSA) is 68.0 Å². The molecular formula is C12H19N3OS2. The normalized spacial score (nSPS) is 16.8. The smallest absolute Gasteiger partial charge is 0.277 e. The van der Waals surface area contributed by atoms with Crippen molar-refractivity contribution < 1.29 is 4.79 Å². The van der Waals surface area contributed by atoms with Crippen LogP contribution in [0.3, 0.4) is 0 Å². The van der Waals surface area contributed by atoms with Crippen LogP contribution in [0.5, 0.6) is 0 Å². The summed E-state index contributed by atoms with van der Waals surface area (Å²) in [7, 11) is 0. The van der Waals surface area contributed by atoms with Gasteiger partial charge in [0.15, 0.2) is 0 Å². The lowest BCUT2D eigenvalue weighted by molar-refractivity contribution is 0.0957. The molecule has 0 atom stereocenters. The van der Waals surface area contributed by atoms with E-state index in [0.29, 0.717) is 4.88 Å². The van der Waals surface area contributed by atoms with Gasteiger partial charge in [-0.25, -0.2) is 10.8 Å². The number of thiazole rings is 1. The molecule has 1 heterocycles. The first-order chi connectivity index (χ1) is 8.70. The third-order valence-corrected chi connectivity index (χ3v) is 5.89. The number of hydrogen-bond acceptors (Lipinski definition) is 5. The number of nitrogens with two attached hydrogens (primary N) is 1. The second-order valence-electron chi connectivity index (χ2n) is 4.57. The van der Waals surface area contributed by atoms with Gasteiger partial charge in [0, 0.05) is 11.0 Å². The van der Waals surface area contributed by atoms with E-state index in [4.69, 9.17) is 5.84 Å². The van der Waals surface area contributed by atoms with Crippen molar-refractivity contribution in [2.75, 3.05) is 0 Å². The van der Waals surface area contributed by atoms with Crippen LogP contribution in [0.4, 0.5) is 0 Å². The van der Waals surface area contributed by atoms with Crippen molar-refractivity contribution in [1.29, 1.82) is 0 Å². The Morgan fingerprint density at radius 1 is 1.50 bits per heavy atom. The number of nitrogens with zero attached hydrogens (tertiary/aromatic N) is 1. The summed E-state index contributed by atoms with van der Waals surface area (Å²) in [5.41, 5.74) is 2.95. The zero-order valence-electron chi connectivity index (χ0n) is 10.6. The highest BCUT2D eigenvalue weighted by Gasteiger charge is 2.17. The third kappa shape index (κ3) is 3.46. The number of hydrazine groups is 1. The van der Waals surface area contributed by atoms with Crippen molar-refractivity contribution in [1.82, 2.24) is 10.4 Å². The fourth-order valence-electron chi connectivity index (χ4n) is 2.21. The second-order valence-corrected chi connectivity index (χ2v) is 6.94.